The zero-order valence-corrected chi connectivity index (χ0v) is 8.76. The summed E-state index contributed by atoms with van der Waals surface area (Å²) < 4.78 is 0. The van der Waals surface area contributed by atoms with Gasteiger partial charge in [0.1, 0.15) is 4.99 Å². The minimum atomic E-state index is 0.430. The number of hydrogen-bond donors (Lipinski definition) is 2. The van der Waals surface area contributed by atoms with E-state index in [-0.39, 0.29) is 0 Å². The maximum Gasteiger partial charge on any atom is 0.104 e. The van der Waals surface area contributed by atoms with E-state index in [2.05, 4.69) is 0 Å². The third-order valence-electron chi connectivity index (χ3n) is 1.81. The molecule has 0 aromatic heterocycles. The van der Waals surface area contributed by atoms with Gasteiger partial charge in [0.05, 0.1) is 0 Å². The second-order valence-electron chi connectivity index (χ2n) is 2.97. The van der Waals surface area contributed by atoms with Gasteiger partial charge in [-0.25, -0.2) is 0 Å². The molecule has 4 N–H and O–H groups in total. The van der Waals surface area contributed by atoms with E-state index in [1.165, 1.54) is 0 Å². The van der Waals surface area contributed by atoms with Gasteiger partial charge in [-0.2, -0.15) is 0 Å². The first-order valence-electron chi connectivity index (χ1n) is 4.50. The summed E-state index contributed by atoms with van der Waals surface area (Å²) >= 11 is 4.89. The molecule has 0 spiro atoms. The van der Waals surface area contributed by atoms with E-state index in [9.17, 15) is 0 Å². The fourth-order valence-corrected chi connectivity index (χ4v) is 1.24. The van der Waals surface area contributed by atoms with E-state index in [1.54, 1.807) is 0 Å². The van der Waals surface area contributed by atoms with Crippen LogP contribution in [-0.2, 0) is 0 Å². The highest BCUT2D eigenvalue weighted by atomic mass is 32.1. The molecular weight excluding hydrogens is 192 g/mol. The minimum absolute atomic E-state index is 0.430. The highest BCUT2D eigenvalue weighted by Crippen LogP contribution is 2.07. The van der Waals surface area contributed by atoms with Gasteiger partial charge < -0.3 is 11.5 Å². The summed E-state index contributed by atoms with van der Waals surface area (Å²) in [6.07, 6.45) is 4.95. The molecule has 0 amide bonds. The monoisotopic (exact) mass is 206 g/mol. The summed E-state index contributed by atoms with van der Waals surface area (Å²) in [4.78, 5) is 0.430. The molecule has 0 atom stereocenters. The van der Waals surface area contributed by atoms with Crippen molar-refractivity contribution in [2.75, 3.05) is 6.54 Å². The van der Waals surface area contributed by atoms with Gasteiger partial charge in [-0.1, -0.05) is 42.6 Å². The third kappa shape index (κ3) is 3.28. The normalized spacial score (nSPS) is 10.6. The Kier molecular flexibility index (Phi) is 4.29. The van der Waals surface area contributed by atoms with E-state index >= 15 is 0 Å². The van der Waals surface area contributed by atoms with Crippen LogP contribution in [0.25, 0.3) is 6.08 Å². The maximum atomic E-state index is 5.52. The van der Waals surface area contributed by atoms with Gasteiger partial charge in [0, 0.05) is 5.56 Å². The number of thiocarbonyl (C=S) groups is 1. The first-order chi connectivity index (χ1) is 6.74. The third-order valence-corrected chi connectivity index (χ3v) is 2.05. The Hall–Kier alpha value is -1.19. The van der Waals surface area contributed by atoms with Crippen LogP contribution < -0.4 is 11.5 Å². The Labute approximate surface area is 89.6 Å². The van der Waals surface area contributed by atoms with Crippen LogP contribution in [0.3, 0.4) is 0 Å². The molecule has 1 aromatic carbocycles. The topological polar surface area (TPSA) is 52.0 Å². The second kappa shape index (κ2) is 5.52. The van der Waals surface area contributed by atoms with Gasteiger partial charge in [-0.3, -0.25) is 0 Å². The van der Waals surface area contributed by atoms with Crippen LogP contribution in [0.4, 0.5) is 0 Å². The van der Waals surface area contributed by atoms with E-state index < -0.39 is 0 Å². The zero-order valence-electron chi connectivity index (χ0n) is 7.94. The van der Waals surface area contributed by atoms with Gasteiger partial charge in [0.25, 0.3) is 0 Å². The van der Waals surface area contributed by atoms with E-state index in [1.807, 2.05) is 36.4 Å². The van der Waals surface area contributed by atoms with Gasteiger partial charge in [-0.15, -0.1) is 0 Å². The first-order valence-corrected chi connectivity index (χ1v) is 4.91. The fraction of sp³-hybridized carbons (Fsp3) is 0.182. The molecule has 0 aliphatic rings. The summed E-state index contributed by atoms with van der Waals surface area (Å²) in [6.45, 7) is 0.672. The lowest BCUT2D eigenvalue weighted by Crippen LogP contribution is -2.08. The first kappa shape index (κ1) is 10.9. The average Bonchev–Trinajstić information content (AvgIpc) is 2.19. The molecule has 0 bridgehead atoms. The van der Waals surface area contributed by atoms with Crippen molar-refractivity contribution in [3.8, 4) is 0 Å². The van der Waals surface area contributed by atoms with E-state index in [0.717, 1.165) is 17.5 Å². The summed E-state index contributed by atoms with van der Waals surface area (Å²) in [5, 5.41) is 0. The molecule has 0 saturated heterocycles. The predicted molar refractivity (Wildman–Crippen MR) is 65.0 cm³/mol. The molecular formula is C11H14N2S. The van der Waals surface area contributed by atoms with Crippen molar-refractivity contribution in [1.82, 2.24) is 0 Å². The van der Waals surface area contributed by atoms with Crippen molar-refractivity contribution in [3.05, 3.63) is 41.5 Å². The molecule has 0 aliphatic heterocycles. The minimum Gasteiger partial charge on any atom is -0.389 e. The lowest BCUT2D eigenvalue weighted by molar-refractivity contribution is 1.01. The van der Waals surface area contributed by atoms with Crippen molar-refractivity contribution in [1.29, 1.82) is 0 Å². The van der Waals surface area contributed by atoms with Crippen LogP contribution in [0.1, 0.15) is 17.5 Å². The molecule has 1 aromatic rings. The number of rotatable bonds is 4. The van der Waals surface area contributed by atoms with Crippen molar-refractivity contribution < 1.29 is 0 Å². The Morgan fingerprint density at radius 1 is 1.43 bits per heavy atom. The van der Waals surface area contributed by atoms with Crippen molar-refractivity contribution in [2.24, 2.45) is 11.5 Å². The van der Waals surface area contributed by atoms with Crippen LogP contribution in [-0.4, -0.2) is 11.5 Å². The van der Waals surface area contributed by atoms with Crippen molar-refractivity contribution in [3.63, 3.8) is 0 Å². The van der Waals surface area contributed by atoms with Gasteiger partial charge in [0.2, 0.25) is 0 Å². The Balaban J connectivity index is 2.78. The van der Waals surface area contributed by atoms with E-state index in [0.29, 0.717) is 11.5 Å². The molecule has 1 rings (SSSR count). The van der Waals surface area contributed by atoms with Gasteiger partial charge in [-0.05, 0) is 24.6 Å². The molecule has 14 heavy (non-hydrogen) atoms. The molecule has 0 radical (unpaired) electrons. The SMILES string of the molecule is NCCC=Cc1cccc(C(N)=S)c1. The number of benzene rings is 1. The predicted octanol–water partition coefficient (Wildman–Crippen LogP) is 1.68. The molecule has 74 valence electrons. The molecule has 2 nitrogen and oxygen atoms in total. The summed E-state index contributed by atoms with van der Waals surface area (Å²) in [6, 6.07) is 7.82. The molecule has 3 heteroatoms. The Morgan fingerprint density at radius 2 is 2.21 bits per heavy atom. The Bertz CT molecular complexity index is 345. The molecule has 0 aliphatic carbocycles. The Morgan fingerprint density at radius 3 is 2.86 bits per heavy atom. The van der Waals surface area contributed by atoms with Crippen LogP contribution in [0.15, 0.2) is 30.3 Å². The average molecular weight is 206 g/mol. The summed E-state index contributed by atoms with van der Waals surface area (Å²) in [5.41, 5.74) is 12.9. The summed E-state index contributed by atoms with van der Waals surface area (Å²) in [5.74, 6) is 0. The van der Waals surface area contributed by atoms with Crippen LogP contribution in [0.2, 0.25) is 0 Å². The highest BCUT2D eigenvalue weighted by molar-refractivity contribution is 7.80. The van der Waals surface area contributed by atoms with Gasteiger partial charge in [0.15, 0.2) is 0 Å². The maximum absolute atomic E-state index is 5.52. The molecule has 0 saturated carbocycles. The van der Waals surface area contributed by atoms with Crippen molar-refractivity contribution in [2.45, 2.75) is 6.42 Å². The number of nitrogens with two attached hydrogens (primary N) is 2. The van der Waals surface area contributed by atoms with Crippen molar-refractivity contribution >= 4 is 23.3 Å². The van der Waals surface area contributed by atoms with Crippen LogP contribution in [0, 0.1) is 0 Å². The highest BCUT2D eigenvalue weighted by Gasteiger charge is 1.94. The number of hydrogen-bond acceptors (Lipinski definition) is 2. The molecule has 0 fully saturated rings. The van der Waals surface area contributed by atoms with Crippen LogP contribution >= 0.6 is 12.2 Å². The largest absolute Gasteiger partial charge is 0.389 e. The quantitative estimate of drug-likeness (QED) is 0.737. The smallest absolute Gasteiger partial charge is 0.104 e. The van der Waals surface area contributed by atoms with E-state index in [4.69, 9.17) is 23.7 Å². The summed E-state index contributed by atoms with van der Waals surface area (Å²) in [7, 11) is 0. The fourth-order valence-electron chi connectivity index (χ4n) is 1.11. The lowest BCUT2D eigenvalue weighted by Gasteiger charge is -1.99. The zero-order chi connectivity index (χ0) is 10.4. The lowest BCUT2D eigenvalue weighted by atomic mass is 10.1. The van der Waals surface area contributed by atoms with Crippen LogP contribution in [0.5, 0.6) is 0 Å². The molecule has 0 unspecified atom stereocenters. The molecule has 0 heterocycles. The van der Waals surface area contributed by atoms with Gasteiger partial charge >= 0.3 is 0 Å². The second-order valence-corrected chi connectivity index (χ2v) is 3.41. The standard InChI is InChI=1S/C11H14N2S/c12-7-2-1-4-9-5-3-6-10(8-9)11(13)14/h1,3-6,8H,2,7,12H2,(H2,13,14).